The molecule has 0 saturated carbocycles. The van der Waals surface area contributed by atoms with E-state index in [-0.39, 0.29) is 31.2 Å². The predicted molar refractivity (Wildman–Crippen MR) is 129 cm³/mol. The molecule has 5 rings (SSSR count). The highest BCUT2D eigenvalue weighted by molar-refractivity contribution is 6.39. The molecule has 3 heterocycles. The van der Waals surface area contributed by atoms with Crippen molar-refractivity contribution in [3.8, 4) is 5.75 Å². The number of ether oxygens (including phenoxy) is 2. The molecule has 176 valence electrons. The number of piperidine rings is 1. The highest BCUT2D eigenvalue weighted by atomic mass is 16.5. The zero-order valence-electron chi connectivity index (χ0n) is 19.4. The molecule has 2 saturated heterocycles. The van der Waals surface area contributed by atoms with Gasteiger partial charge in [-0.3, -0.25) is 24.6 Å². The monoisotopic (exact) mass is 469 g/mol. The van der Waals surface area contributed by atoms with Crippen molar-refractivity contribution >= 4 is 33.4 Å². The minimum absolute atomic E-state index is 0.172. The number of rotatable bonds is 6. The molecule has 0 spiro atoms. The lowest BCUT2D eigenvalue weighted by atomic mass is 9.61. The van der Waals surface area contributed by atoms with Crippen LogP contribution in [0.3, 0.4) is 0 Å². The number of nitrogens with zero attached hydrogens (tertiary/aromatic N) is 2. The van der Waals surface area contributed by atoms with Gasteiger partial charge in [0.1, 0.15) is 27.5 Å². The van der Waals surface area contributed by atoms with E-state index in [0.29, 0.717) is 22.4 Å². The maximum atomic E-state index is 13.0. The van der Waals surface area contributed by atoms with E-state index >= 15 is 0 Å². The molecule has 3 aliphatic rings. The molecule has 1 unspecified atom stereocenters. The second kappa shape index (κ2) is 9.51. The zero-order chi connectivity index (χ0) is 24.6. The van der Waals surface area contributed by atoms with Crippen LogP contribution in [0.15, 0.2) is 42.5 Å². The maximum absolute atomic E-state index is 13.0. The summed E-state index contributed by atoms with van der Waals surface area (Å²) in [6, 6.07) is 12.0. The molecule has 0 aliphatic carbocycles. The van der Waals surface area contributed by atoms with Crippen molar-refractivity contribution < 1.29 is 23.9 Å². The normalized spacial score (nSPS) is 21.1. The highest BCUT2D eigenvalue weighted by Gasteiger charge is 2.40. The Morgan fingerprint density at radius 2 is 1.80 bits per heavy atom. The van der Waals surface area contributed by atoms with Crippen LogP contribution < -0.4 is 10.1 Å². The first-order valence-corrected chi connectivity index (χ1v) is 11.7. The minimum Gasteiger partial charge on any atom is -0.502 e. The first kappa shape index (κ1) is 23.6. The van der Waals surface area contributed by atoms with E-state index in [0.717, 1.165) is 38.4 Å². The maximum Gasteiger partial charge on any atom is 0.255 e. The Morgan fingerprint density at radius 3 is 2.51 bits per heavy atom. The summed E-state index contributed by atoms with van der Waals surface area (Å²) >= 11 is 0. The van der Waals surface area contributed by atoms with Crippen molar-refractivity contribution in [1.29, 1.82) is 0 Å². The Bertz CT molecular complexity index is 1150. The summed E-state index contributed by atoms with van der Waals surface area (Å²) in [5.74, 6) is -0.694. The summed E-state index contributed by atoms with van der Waals surface area (Å²) in [5.41, 5.74) is 2.78. The fourth-order valence-corrected chi connectivity index (χ4v) is 4.78. The van der Waals surface area contributed by atoms with E-state index in [1.807, 2.05) is 24.3 Å². The summed E-state index contributed by atoms with van der Waals surface area (Å²) in [7, 11) is 12.8. The van der Waals surface area contributed by atoms with Crippen molar-refractivity contribution in [2.45, 2.75) is 37.4 Å². The minimum atomic E-state index is -1.63. The second-order valence-electron chi connectivity index (χ2n) is 9.16. The molecule has 0 aromatic heterocycles. The number of benzene rings is 2. The van der Waals surface area contributed by atoms with Crippen LogP contribution in [-0.2, 0) is 32.8 Å². The molecule has 1 N–H and O–H groups in total. The van der Waals surface area contributed by atoms with Crippen LogP contribution >= 0.6 is 0 Å². The van der Waals surface area contributed by atoms with Gasteiger partial charge in [0, 0.05) is 42.6 Å². The lowest BCUT2D eigenvalue weighted by Crippen LogP contribution is -2.52. The van der Waals surface area contributed by atoms with Gasteiger partial charge in [-0.05, 0) is 29.7 Å². The average Bonchev–Trinajstić information content (AvgIpc) is 3.17. The first-order valence-electron chi connectivity index (χ1n) is 11.7. The van der Waals surface area contributed by atoms with Crippen LogP contribution in [0.25, 0.3) is 0 Å². The standard InChI is InChI=1S/C25H25B2N3O5/c26-25(27,17-6-4-16(5-7-17)14-29-10-12-34-13-11-29)35-21-3-1-2-18-19(21)15-30(24(18)33)20-8-9-22(31)28-23(20)32/h1-7,20H,8-15H2,(H,28,31,32). The highest BCUT2D eigenvalue weighted by Crippen LogP contribution is 2.36. The Hall–Kier alpha value is -3.10. The van der Waals surface area contributed by atoms with Crippen LogP contribution in [0, 0.1) is 0 Å². The second-order valence-corrected chi connectivity index (χ2v) is 9.16. The predicted octanol–water partition coefficient (Wildman–Crippen LogP) is 0.806. The lowest BCUT2D eigenvalue weighted by Gasteiger charge is -2.31. The van der Waals surface area contributed by atoms with Gasteiger partial charge in [-0.25, -0.2) is 0 Å². The quantitative estimate of drug-likeness (QED) is 0.498. The van der Waals surface area contributed by atoms with Gasteiger partial charge in [-0.1, -0.05) is 30.3 Å². The number of hydrogen-bond acceptors (Lipinski definition) is 6. The van der Waals surface area contributed by atoms with E-state index in [2.05, 4.69) is 10.2 Å². The number of fused-ring (bicyclic) bond motifs is 1. The summed E-state index contributed by atoms with van der Waals surface area (Å²) in [6.45, 7) is 4.27. The van der Waals surface area contributed by atoms with Crippen LogP contribution in [0.1, 0.15) is 39.9 Å². The fourth-order valence-electron chi connectivity index (χ4n) is 4.78. The van der Waals surface area contributed by atoms with Gasteiger partial charge in [0.05, 0.1) is 19.8 Å². The Morgan fingerprint density at radius 1 is 1.06 bits per heavy atom. The number of imide groups is 1. The molecule has 0 bridgehead atoms. The summed E-state index contributed by atoms with van der Waals surface area (Å²) in [4.78, 5) is 40.7. The van der Waals surface area contributed by atoms with E-state index in [1.165, 1.54) is 4.90 Å². The van der Waals surface area contributed by atoms with E-state index < -0.39 is 17.3 Å². The molecule has 3 amide bonds. The molecule has 2 aromatic rings. The van der Waals surface area contributed by atoms with E-state index in [9.17, 15) is 14.4 Å². The first-order chi connectivity index (χ1) is 16.8. The van der Waals surface area contributed by atoms with Crippen molar-refractivity contribution in [2.75, 3.05) is 26.3 Å². The van der Waals surface area contributed by atoms with Gasteiger partial charge in [0.2, 0.25) is 11.8 Å². The molecular weight excluding hydrogens is 444 g/mol. The number of morpholine rings is 1. The summed E-state index contributed by atoms with van der Waals surface area (Å²) < 4.78 is 11.4. The molecule has 2 fully saturated rings. The lowest BCUT2D eigenvalue weighted by molar-refractivity contribution is -0.136. The smallest absolute Gasteiger partial charge is 0.255 e. The molecular formula is C25H25B2N3O5. The molecule has 4 radical (unpaired) electrons. The topological polar surface area (TPSA) is 88.2 Å². The Balaban J connectivity index is 1.31. The number of amides is 3. The van der Waals surface area contributed by atoms with Crippen molar-refractivity contribution in [1.82, 2.24) is 15.1 Å². The third-order valence-electron chi connectivity index (χ3n) is 6.73. The van der Waals surface area contributed by atoms with Gasteiger partial charge in [-0.15, -0.1) is 0 Å². The Kier molecular flexibility index (Phi) is 6.42. The summed E-state index contributed by atoms with van der Waals surface area (Å²) in [6.07, 6.45) is 0.477. The molecule has 8 nitrogen and oxygen atoms in total. The third-order valence-corrected chi connectivity index (χ3v) is 6.73. The number of carbonyl (C=O) groups is 3. The van der Waals surface area contributed by atoms with Crippen LogP contribution in [0.5, 0.6) is 5.75 Å². The van der Waals surface area contributed by atoms with E-state index in [1.54, 1.807) is 18.2 Å². The SMILES string of the molecule is [B]C([B])(Oc1cccc2c1CN(C1CCC(=O)NC1=O)C2=O)c1ccc(CN2CCOCC2)cc1. The molecule has 10 heteroatoms. The van der Waals surface area contributed by atoms with Crippen molar-refractivity contribution in [3.63, 3.8) is 0 Å². The number of hydrogen-bond donors (Lipinski definition) is 1. The molecule has 35 heavy (non-hydrogen) atoms. The molecule has 2 aromatic carbocycles. The number of carbonyl (C=O) groups excluding carboxylic acids is 3. The van der Waals surface area contributed by atoms with Crippen LogP contribution in [-0.4, -0.2) is 75.6 Å². The van der Waals surface area contributed by atoms with Crippen molar-refractivity contribution in [2.24, 2.45) is 0 Å². The molecule has 3 aliphatic heterocycles. The largest absolute Gasteiger partial charge is 0.502 e. The van der Waals surface area contributed by atoms with Gasteiger partial charge in [-0.2, -0.15) is 0 Å². The zero-order valence-corrected chi connectivity index (χ0v) is 19.4. The van der Waals surface area contributed by atoms with Crippen LogP contribution in [0.4, 0.5) is 0 Å². The van der Waals surface area contributed by atoms with Gasteiger partial charge in [0.25, 0.3) is 5.91 Å². The number of nitrogens with one attached hydrogen (secondary N) is 1. The van der Waals surface area contributed by atoms with Gasteiger partial charge >= 0.3 is 0 Å². The third kappa shape index (κ3) is 4.86. The Labute approximate surface area is 206 Å². The summed E-state index contributed by atoms with van der Waals surface area (Å²) in [5, 5.41) is 0.679. The van der Waals surface area contributed by atoms with Crippen LogP contribution in [0.2, 0.25) is 0 Å². The van der Waals surface area contributed by atoms with E-state index in [4.69, 9.17) is 25.2 Å². The van der Waals surface area contributed by atoms with Gasteiger partial charge < -0.3 is 14.4 Å². The average molecular weight is 469 g/mol. The van der Waals surface area contributed by atoms with Crippen molar-refractivity contribution in [3.05, 3.63) is 64.7 Å². The fraction of sp³-hybridized carbons (Fsp3) is 0.400. The molecule has 1 atom stereocenters. The van der Waals surface area contributed by atoms with Gasteiger partial charge in [0.15, 0.2) is 0 Å².